The van der Waals surface area contributed by atoms with Crippen molar-refractivity contribution in [2.75, 3.05) is 53.2 Å². The maximum atomic E-state index is 13.3. The Morgan fingerprint density at radius 1 is 0.641 bits per heavy atom. The SMILES string of the molecule is CCOC(=O)CCc1cn2cc(NC(=O)c3coc(-c4ccnc(C)c4)n3)c(N3CCC(C)(C)CC3)cc2n1.Cc1cc(-c2nc(C(=O)Nc3cn4cc(CCC(=O)O)nc4cc3N3CCC(C)(C)CC3)co2)ccn1.[CH3-].[W]. The molecule has 0 aromatic carbocycles. The van der Waals surface area contributed by atoms with Crippen molar-refractivity contribution in [2.45, 2.75) is 99.8 Å². The summed E-state index contributed by atoms with van der Waals surface area (Å²) in [6, 6.07) is 11.2. The molecule has 0 radical (unpaired) electrons. The zero-order valence-corrected chi connectivity index (χ0v) is 48.4. The number of aromatic nitrogens is 8. The van der Waals surface area contributed by atoms with Gasteiger partial charge >= 0.3 is 11.9 Å². The predicted octanol–water partition coefficient (Wildman–Crippen LogP) is 10.1. The van der Waals surface area contributed by atoms with Crippen LogP contribution in [-0.2, 0) is 48.2 Å². The molecule has 78 heavy (non-hydrogen) atoms. The topological polar surface area (TPSA) is 241 Å². The number of amides is 2. The van der Waals surface area contributed by atoms with Gasteiger partial charge in [0.2, 0.25) is 11.8 Å². The van der Waals surface area contributed by atoms with Gasteiger partial charge in [-0.05, 0) is 81.5 Å². The van der Waals surface area contributed by atoms with Gasteiger partial charge in [-0.25, -0.2) is 19.9 Å². The molecule has 2 saturated heterocycles. The first kappa shape index (κ1) is 58.0. The number of hydrogen-bond acceptors (Lipinski definition) is 15. The molecule has 3 N–H and O–H groups in total. The monoisotopic (exact) mass is 1230 g/mol. The van der Waals surface area contributed by atoms with E-state index >= 15 is 0 Å². The molecule has 0 aliphatic carbocycles. The van der Waals surface area contributed by atoms with Gasteiger partial charge in [0, 0.05) is 132 Å². The average Bonchev–Trinajstić information content (AvgIpc) is 4.27. The van der Waals surface area contributed by atoms with Crippen LogP contribution in [-0.4, -0.2) is 100 Å². The maximum Gasteiger partial charge on any atom is 0.306 e. The van der Waals surface area contributed by atoms with E-state index in [9.17, 15) is 19.2 Å². The minimum absolute atomic E-state index is 0. The Kier molecular flexibility index (Phi) is 18.4. The average molecular weight is 1230 g/mol. The maximum absolute atomic E-state index is 13.3. The fourth-order valence-corrected chi connectivity index (χ4v) is 9.26. The Morgan fingerprint density at radius 2 is 1.06 bits per heavy atom. The number of pyridine rings is 4. The number of fused-ring (bicyclic) bond motifs is 2. The number of carboxylic acid groups (broad SMARTS) is 1. The first-order valence-corrected chi connectivity index (χ1v) is 25.7. The van der Waals surface area contributed by atoms with Crippen molar-refractivity contribution in [1.82, 2.24) is 38.7 Å². The molecule has 2 aliphatic rings. The van der Waals surface area contributed by atoms with Gasteiger partial charge in [-0.15, -0.1) is 0 Å². The third-order valence-corrected chi connectivity index (χ3v) is 13.9. The van der Waals surface area contributed by atoms with Crippen LogP contribution in [0, 0.1) is 32.1 Å². The number of carbonyl (C=O) groups excluding carboxylic acids is 3. The van der Waals surface area contributed by atoms with Crippen LogP contribution in [0.1, 0.15) is 117 Å². The zero-order chi connectivity index (χ0) is 53.7. The van der Waals surface area contributed by atoms with Crippen molar-refractivity contribution in [1.29, 1.82) is 0 Å². The van der Waals surface area contributed by atoms with E-state index in [-0.39, 0.29) is 81.3 Å². The third-order valence-electron chi connectivity index (χ3n) is 13.9. The van der Waals surface area contributed by atoms with Crippen molar-refractivity contribution < 1.29 is 58.9 Å². The Labute approximate surface area is 467 Å². The van der Waals surface area contributed by atoms with Crippen LogP contribution in [0.3, 0.4) is 0 Å². The molecule has 0 bridgehead atoms. The molecule has 10 rings (SSSR count). The van der Waals surface area contributed by atoms with E-state index in [0.29, 0.717) is 53.9 Å². The molecule has 8 aromatic rings. The molecule has 0 atom stereocenters. The summed E-state index contributed by atoms with van der Waals surface area (Å²) in [6.07, 6.45) is 18.7. The Balaban J connectivity index is 0.000000221. The molecule has 0 saturated carbocycles. The minimum Gasteiger partial charge on any atom is -0.481 e. The number of carboxylic acids is 1. The number of esters is 1. The second kappa shape index (κ2) is 24.7. The largest absolute Gasteiger partial charge is 0.481 e. The molecule has 10 heterocycles. The van der Waals surface area contributed by atoms with Crippen molar-refractivity contribution in [3.8, 4) is 22.9 Å². The van der Waals surface area contributed by atoms with E-state index < -0.39 is 5.97 Å². The van der Waals surface area contributed by atoms with Crippen LogP contribution < -0.4 is 20.4 Å². The molecule has 21 heteroatoms. The molecule has 20 nitrogen and oxygen atoms in total. The second-order valence-corrected chi connectivity index (χ2v) is 21.0. The van der Waals surface area contributed by atoms with Gasteiger partial charge in [-0.2, -0.15) is 0 Å². The summed E-state index contributed by atoms with van der Waals surface area (Å²) in [5.74, 6) is -1.15. The van der Waals surface area contributed by atoms with Crippen LogP contribution in [0.2, 0.25) is 0 Å². The molecule has 2 fully saturated rings. The first-order valence-electron chi connectivity index (χ1n) is 25.7. The van der Waals surface area contributed by atoms with Gasteiger partial charge in [-0.3, -0.25) is 29.1 Å². The molecular weight excluding hydrogens is 1160 g/mol. The van der Waals surface area contributed by atoms with Crippen LogP contribution in [0.4, 0.5) is 22.7 Å². The number of hydrogen-bond donors (Lipinski definition) is 3. The van der Waals surface area contributed by atoms with Gasteiger partial charge in [-0.1, -0.05) is 27.7 Å². The van der Waals surface area contributed by atoms with E-state index in [0.717, 1.165) is 97.1 Å². The summed E-state index contributed by atoms with van der Waals surface area (Å²) >= 11 is 0. The van der Waals surface area contributed by atoms with Crippen molar-refractivity contribution in [3.63, 3.8) is 0 Å². The molecule has 2 amide bonds. The molecule has 8 aromatic heterocycles. The molecule has 0 spiro atoms. The van der Waals surface area contributed by atoms with E-state index in [1.165, 1.54) is 12.5 Å². The van der Waals surface area contributed by atoms with Crippen molar-refractivity contribution in [2.24, 2.45) is 10.8 Å². The van der Waals surface area contributed by atoms with Crippen LogP contribution in [0.25, 0.3) is 34.2 Å². The quantitative estimate of drug-likeness (QED) is 0.0639. The van der Waals surface area contributed by atoms with Gasteiger partial charge in [0.1, 0.15) is 23.8 Å². The van der Waals surface area contributed by atoms with E-state index in [1.54, 1.807) is 37.6 Å². The Bertz CT molecular complexity index is 3410. The second-order valence-electron chi connectivity index (χ2n) is 21.0. The predicted molar refractivity (Wildman–Crippen MR) is 293 cm³/mol. The Morgan fingerprint density at radius 3 is 1.46 bits per heavy atom. The molecule has 2 aliphatic heterocycles. The number of nitrogens with one attached hydrogen (secondary N) is 2. The van der Waals surface area contributed by atoms with E-state index in [1.807, 2.05) is 65.5 Å². The fraction of sp³-hybridized carbons (Fsp3) is 0.386. The summed E-state index contributed by atoms with van der Waals surface area (Å²) in [7, 11) is 0. The fourth-order valence-electron chi connectivity index (χ4n) is 9.26. The van der Waals surface area contributed by atoms with Gasteiger partial charge in [0.05, 0.1) is 53.6 Å². The number of piperidine rings is 2. The van der Waals surface area contributed by atoms with Gasteiger partial charge in [0.15, 0.2) is 11.4 Å². The number of imidazole rings is 2. The standard InChI is InChI=1S/C29H34N6O4.C27H30N6O4.CH3.W/c1-5-38-26(36)7-6-21-16-35-17-22(24(15-25(35)31-21)34-12-9-29(3,4)10-13-34)32-27(37)23-18-39-28(33-23)20-8-11-30-19(2)14-20;1-17-12-18(6-9-28-17)26-31-21(16-37-26)25(36)30-20-15-33-14-19(4-5-24(34)35)29-23(33)13-22(20)32-10-7-27(2,3)8-11-32;;/h8,11,14-18H,5-7,9-10,12-13H2,1-4H3,(H,32,37);6,9,12-16H,4-5,7-8,10-11H2,1-3H3,(H,30,36)(H,34,35);1H3;/q;;-1;. The summed E-state index contributed by atoms with van der Waals surface area (Å²) in [4.78, 5) is 80.5. The Hall–Kier alpha value is -7.73. The smallest absolute Gasteiger partial charge is 0.306 e. The summed E-state index contributed by atoms with van der Waals surface area (Å²) in [5.41, 5.74) is 10.1. The summed E-state index contributed by atoms with van der Waals surface area (Å²) in [6.45, 7) is 18.5. The van der Waals surface area contributed by atoms with E-state index in [2.05, 4.69) is 73.0 Å². The number of oxazole rings is 2. The normalized spacial score (nSPS) is 14.7. The van der Waals surface area contributed by atoms with Gasteiger partial charge in [0.25, 0.3) is 11.8 Å². The molecule has 0 unspecified atom stereocenters. The number of anilines is 4. The van der Waals surface area contributed by atoms with E-state index in [4.69, 9.17) is 23.7 Å². The number of aliphatic carboxylic acids is 1. The molecule has 410 valence electrons. The van der Waals surface area contributed by atoms with Crippen molar-refractivity contribution >= 4 is 57.8 Å². The number of ether oxygens (including phenoxy) is 1. The third kappa shape index (κ3) is 14.2. The first-order chi connectivity index (χ1) is 36.4. The number of aryl methyl sites for hydroxylation is 4. The number of carbonyl (C=O) groups is 4. The summed E-state index contributed by atoms with van der Waals surface area (Å²) < 4.78 is 19.9. The molecular formula is C57H67N12O8W-. The van der Waals surface area contributed by atoms with Crippen LogP contribution in [0.5, 0.6) is 0 Å². The summed E-state index contributed by atoms with van der Waals surface area (Å²) in [5, 5.41) is 15.1. The van der Waals surface area contributed by atoms with Gasteiger partial charge < -0.3 is 55.3 Å². The minimum atomic E-state index is -0.865. The van der Waals surface area contributed by atoms with Crippen LogP contribution >= 0.6 is 0 Å². The number of rotatable bonds is 15. The van der Waals surface area contributed by atoms with Crippen molar-refractivity contribution in [3.05, 3.63) is 128 Å². The van der Waals surface area contributed by atoms with Crippen LogP contribution in [0.15, 0.2) is 94.9 Å². The zero-order valence-electron chi connectivity index (χ0n) is 45.5. The number of nitrogens with zero attached hydrogens (tertiary/aromatic N) is 10.